The number of nitrogens with zero attached hydrogens (tertiary/aromatic N) is 12. The fourth-order valence-corrected chi connectivity index (χ4v) is 18.6. The van der Waals surface area contributed by atoms with Gasteiger partial charge < -0.3 is 44.4 Å². The normalized spacial score (nSPS) is 16.5. The Labute approximate surface area is 596 Å². The van der Waals surface area contributed by atoms with E-state index in [-0.39, 0.29) is 29.2 Å². The zero-order valence-corrected chi connectivity index (χ0v) is 60.1. The lowest BCUT2D eigenvalue weighted by Gasteiger charge is -2.22. The third-order valence-electron chi connectivity index (χ3n) is 17.5. The third kappa shape index (κ3) is 15.2. The number of nitrogens with one attached hydrogen (secondary N) is 3. The molecule has 0 spiro atoms. The maximum absolute atomic E-state index is 13.0. The molecule has 12 aromatic rings. The fourth-order valence-electron chi connectivity index (χ4n) is 11.8. The van der Waals surface area contributed by atoms with Crippen LogP contribution in [0, 0.1) is 20.8 Å². The minimum atomic E-state index is -3.39. The van der Waals surface area contributed by atoms with E-state index in [9.17, 15) is 25.3 Å². The van der Waals surface area contributed by atoms with Crippen molar-refractivity contribution in [3.05, 3.63) is 155 Å². The maximum Gasteiger partial charge on any atom is 0.270 e. The summed E-state index contributed by atoms with van der Waals surface area (Å²) in [6.07, 6.45) is 9.42. The molecular formula is C70H70N16O11S5. The molecule has 526 valence electrons. The second-order valence-electron chi connectivity index (χ2n) is 24.2. The van der Waals surface area contributed by atoms with Crippen LogP contribution in [0.1, 0.15) is 55.5 Å². The standard InChI is InChI=1S/C25H25N5O4S.C23H23N5O4S2.C22H22N6O3S2/c1-16-23(25-30-29-24(34-25)20-7-3-4-8-22(20)33-2)28-21(15-27-16)17-9-11-18(12-10-17)35(31,32)19-6-5-13-26-14-19;1-14-20(22-27-28-23(32-22)21-19(31-2)9-11-33-21)26-18(13-25-14)15-5-7-16(8-6-15)34(29,30)17-4-3-10-24-12-17;1-13-8-10-32-19(13)22-28-27-21(31-22)18-20(23)25-12-17(26-18)14-4-6-15(7-5-14)33(29,30)16-3-2-9-24-11-16/h3-4,7-12,15,19,26H,5-6,13-14H2,1-2H3;5-9,11,13,17,24H,3-4,10,12H2,1-2H3;4-8,10,12,16,24H,2-3,9,11H2,1H3,(H2,23,25). The van der Waals surface area contributed by atoms with Gasteiger partial charge >= 0.3 is 0 Å². The van der Waals surface area contributed by atoms with Crippen molar-refractivity contribution in [3.63, 3.8) is 0 Å². The smallest absolute Gasteiger partial charge is 0.270 e. The molecule has 27 nitrogen and oxygen atoms in total. The first-order valence-electron chi connectivity index (χ1n) is 32.6. The number of hydrogen-bond acceptors (Lipinski definition) is 29. The van der Waals surface area contributed by atoms with Gasteiger partial charge in [0, 0.05) is 36.3 Å². The lowest BCUT2D eigenvalue weighted by atomic mass is 10.1. The minimum absolute atomic E-state index is 0.167. The monoisotopic (exact) mass is 1470 g/mol. The molecular weight excluding hydrogens is 1400 g/mol. The number of ether oxygens (including phenoxy) is 2. The number of aryl methyl sites for hydroxylation is 3. The van der Waals surface area contributed by atoms with Gasteiger partial charge in [0.25, 0.3) is 35.3 Å². The topological polar surface area (TPSA) is 377 Å². The molecule has 0 aliphatic carbocycles. The highest BCUT2D eigenvalue weighted by Crippen LogP contribution is 2.38. The summed E-state index contributed by atoms with van der Waals surface area (Å²) in [4.78, 5) is 29.6. The summed E-state index contributed by atoms with van der Waals surface area (Å²) < 4.78 is 106. The van der Waals surface area contributed by atoms with Gasteiger partial charge in [0.15, 0.2) is 41.0 Å². The average molecular weight is 1470 g/mol. The molecule has 3 unspecified atom stereocenters. The number of para-hydroxylation sites is 1. The van der Waals surface area contributed by atoms with Crippen LogP contribution in [0.25, 0.3) is 102 Å². The fraction of sp³-hybridized carbons (Fsp3) is 0.286. The first-order valence-corrected chi connectivity index (χ1v) is 39.0. The van der Waals surface area contributed by atoms with Crippen LogP contribution >= 0.6 is 22.7 Å². The van der Waals surface area contributed by atoms with Crippen LogP contribution in [-0.2, 0) is 29.5 Å². The van der Waals surface area contributed by atoms with Crippen molar-refractivity contribution in [3.8, 4) is 113 Å². The molecule has 32 heteroatoms. The van der Waals surface area contributed by atoms with Gasteiger partial charge in [-0.3, -0.25) is 9.97 Å². The Balaban J connectivity index is 0.000000137. The predicted molar refractivity (Wildman–Crippen MR) is 385 cm³/mol. The molecule has 4 aromatic carbocycles. The van der Waals surface area contributed by atoms with Crippen LogP contribution < -0.4 is 31.2 Å². The molecule has 102 heavy (non-hydrogen) atoms. The molecule has 3 saturated heterocycles. The van der Waals surface area contributed by atoms with Crippen molar-refractivity contribution in [1.29, 1.82) is 0 Å². The molecule has 15 rings (SSSR count). The van der Waals surface area contributed by atoms with Crippen LogP contribution in [0.5, 0.6) is 11.5 Å². The lowest BCUT2D eigenvalue weighted by Crippen LogP contribution is -2.38. The number of anilines is 1. The zero-order chi connectivity index (χ0) is 71.1. The Morgan fingerprint density at radius 3 is 1.25 bits per heavy atom. The molecule has 3 aliphatic rings. The zero-order valence-electron chi connectivity index (χ0n) is 56.0. The van der Waals surface area contributed by atoms with E-state index in [4.69, 9.17) is 33.4 Å². The molecule has 5 N–H and O–H groups in total. The van der Waals surface area contributed by atoms with E-state index in [1.807, 2.05) is 67.9 Å². The highest BCUT2D eigenvalue weighted by Gasteiger charge is 2.32. The van der Waals surface area contributed by atoms with Gasteiger partial charge in [-0.05, 0) is 156 Å². The predicted octanol–water partition coefficient (Wildman–Crippen LogP) is 10.8. The van der Waals surface area contributed by atoms with Crippen LogP contribution in [0.15, 0.2) is 166 Å². The maximum atomic E-state index is 13.0. The number of hydrogen-bond donors (Lipinski definition) is 4. The molecule has 3 aliphatic heterocycles. The summed E-state index contributed by atoms with van der Waals surface area (Å²) in [5.41, 5.74) is 14.1. The van der Waals surface area contributed by atoms with Gasteiger partial charge in [0.05, 0.1) is 102 Å². The SMILES string of the molecule is COc1ccccc1-c1nnc(-c2nc(-c3ccc(S(=O)(=O)C4CCCNC4)cc3)cnc2C)o1.COc1ccsc1-c1nnc(-c2nc(-c3ccc(S(=O)(=O)C4CCCNC4)cc3)cnc2C)o1.Cc1ccsc1-c1nnc(-c2nc(-c3ccc(S(=O)(=O)C4CCCNC4)cc3)cnc2N)o1. The Morgan fingerprint density at radius 1 is 0.441 bits per heavy atom. The Hall–Kier alpha value is -9.93. The molecule has 11 heterocycles. The lowest BCUT2D eigenvalue weighted by molar-refractivity contribution is 0.414. The van der Waals surface area contributed by atoms with E-state index in [0.717, 1.165) is 65.3 Å². The largest absolute Gasteiger partial charge is 0.496 e. The van der Waals surface area contributed by atoms with Gasteiger partial charge in [-0.15, -0.1) is 53.3 Å². The number of nitrogens with two attached hydrogens (primary N) is 1. The Kier molecular flexibility index (Phi) is 21.2. The molecule has 0 bridgehead atoms. The van der Waals surface area contributed by atoms with Crippen LogP contribution in [0.4, 0.5) is 5.82 Å². The van der Waals surface area contributed by atoms with E-state index < -0.39 is 45.3 Å². The van der Waals surface area contributed by atoms with E-state index in [0.29, 0.717) is 134 Å². The third-order valence-corrected chi connectivity index (χ3v) is 26.1. The summed E-state index contributed by atoms with van der Waals surface area (Å²) in [5.74, 6) is 3.18. The van der Waals surface area contributed by atoms with E-state index >= 15 is 0 Å². The van der Waals surface area contributed by atoms with Crippen molar-refractivity contribution < 1.29 is 48.0 Å². The number of methoxy groups -OCH3 is 2. The van der Waals surface area contributed by atoms with E-state index in [1.165, 1.54) is 28.9 Å². The molecule has 8 aromatic heterocycles. The van der Waals surface area contributed by atoms with Crippen molar-refractivity contribution in [2.75, 3.05) is 59.2 Å². The number of sulfone groups is 3. The number of thiophene rings is 2. The summed E-state index contributed by atoms with van der Waals surface area (Å²) in [6.45, 7) is 9.63. The number of rotatable bonds is 17. The van der Waals surface area contributed by atoms with Gasteiger partial charge in [0.1, 0.15) is 27.8 Å². The molecule has 0 amide bonds. The number of nitrogen functional groups attached to an aromatic ring is 1. The van der Waals surface area contributed by atoms with Crippen molar-refractivity contribution >= 4 is 58.0 Å². The highest BCUT2D eigenvalue weighted by molar-refractivity contribution is 7.92. The summed E-state index contributed by atoms with van der Waals surface area (Å²) >= 11 is 2.96. The Bertz CT molecular complexity index is 5280. The summed E-state index contributed by atoms with van der Waals surface area (Å²) in [7, 11) is -7.00. The first kappa shape index (κ1) is 70.5. The Morgan fingerprint density at radius 2 is 0.824 bits per heavy atom. The van der Waals surface area contributed by atoms with Crippen molar-refractivity contribution in [2.24, 2.45) is 0 Å². The van der Waals surface area contributed by atoms with E-state index in [2.05, 4.69) is 71.5 Å². The second kappa shape index (κ2) is 30.7. The quantitative estimate of drug-likeness (QED) is 0.0658. The number of piperidine rings is 3. The minimum Gasteiger partial charge on any atom is -0.496 e. The molecule has 0 saturated carbocycles. The molecule has 3 atom stereocenters. The molecule has 3 fully saturated rings. The van der Waals surface area contributed by atoms with Crippen LogP contribution in [0.3, 0.4) is 0 Å². The van der Waals surface area contributed by atoms with Crippen molar-refractivity contribution in [1.82, 2.24) is 76.4 Å². The summed E-state index contributed by atoms with van der Waals surface area (Å²) in [5, 5.41) is 37.0. The van der Waals surface area contributed by atoms with Crippen LogP contribution in [0.2, 0.25) is 0 Å². The van der Waals surface area contributed by atoms with E-state index in [1.54, 1.807) is 99.4 Å². The first-order chi connectivity index (χ1) is 49.4. The van der Waals surface area contributed by atoms with Gasteiger partial charge in [-0.2, -0.15) is 0 Å². The van der Waals surface area contributed by atoms with Crippen LogP contribution in [-0.4, -0.2) is 155 Å². The highest BCUT2D eigenvalue weighted by atomic mass is 32.2. The number of benzene rings is 4. The van der Waals surface area contributed by atoms with Gasteiger partial charge in [-0.25, -0.2) is 45.2 Å². The second-order valence-corrected chi connectivity index (χ2v) is 32.7. The summed E-state index contributed by atoms with van der Waals surface area (Å²) in [6, 6.07) is 31.4. The van der Waals surface area contributed by atoms with Gasteiger partial charge in [-0.1, -0.05) is 48.5 Å². The molecule has 0 radical (unpaired) electrons. The number of aromatic nitrogens is 12. The average Bonchev–Trinajstić information content (AvgIpc) is 1.57. The van der Waals surface area contributed by atoms with Gasteiger partial charge in [0.2, 0.25) is 0 Å². The van der Waals surface area contributed by atoms with Crippen molar-refractivity contribution in [2.45, 2.75) is 89.7 Å².